The summed E-state index contributed by atoms with van der Waals surface area (Å²) in [4.78, 5) is 0. The number of hydrogen-bond donors (Lipinski definition) is 0. The molecule has 0 amide bonds. The molecule has 6 aromatic rings. The van der Waals surface area contributed by atoms with Gasteiger partial charge in [-0.1, -0.05) is 262 Å². The lowest BCUT2D eigenvalue weighted by Gasteiger charge is -2.22. The first-order valence-corrected chi connectivity index (χ1v) is 25.3. The summed E-state index contributed by atoms with van der Waals surface area (Å²) in [7, 11) is 5.03. The summed E-state index contributed by atoms with van der Waals surface area (Å²) in [5.41, 5.74) is 13.3. The van der Waals surface area contributed by atoms with Crippen LogP contribution in [0.5, 0.6) is 17.2 Å². The van der Waals surface area contributed by atoms with Gasteiger partial charge in [-0.15, -0.1) is 0 Å². The molecule has 4 heteroatoms. The Labute approximate surface area is 434 Å². The van der Waals surface area contributed by atoms with Gasteiger partial charge in [-0.2, -0.15) is 0 Å². The van der Waals surface area contributed by atoms with Crippen molar-refractivity contribution < 1.29 is 14.2 Å². The lowest BCUT2D eigenvalue weighted by Crippen LogP contribution is -2.12. The second kappa shape index (κ2) is 27.6. The second-order valence-corrected chi connectivity index (χ2v) is 24.8. The molecule has 0 aliphatic carbocycles. The third kappa shape index (κ3) is 23.7. The number of benzene rings is 6. The molecule has 0 unspecified atom stereocenters. The van der Waals surface area contributed by atoms with Gasteiger partial charge in [0.2, 0.25) is 0 Å². The highest BCUT2D eigenvalue weighted by molar-refractivity contribution is 6.31. The molecule has 70 heavy (non-hydrogen) atoms. The zero-order valence-electron chi connectivity index (χ0n) is 48.4. The van der Waals surface area contributed by atoms with Crippen LogP contribution < -0.4 is 14.2 Å². The van der Waals surface area contributed by atoms with E-state index >= 15 is 0 Å². The molecule has 0 heterocycles. The van der Waals surface area contributed by atoms with Crippen LogP contribution in [-0.2, 0) is 32.5 Å². The fourth-order valence-electron chi connectivity index (χ4n) is 6.80. The summed E-state index contributed by atoms with van der Waals surface area (Å²) in [5, 5.41) is 0.861. The van der Waals surface area contributed by atoms with Crippen molar-refractivity contribution in [3.05, 3.63) is 195 Å². The van der Waals surface area contributed by atoms with Gasteiger partial charge >= 0.3 is 0 Å². The molecule has 0 atom stereocenters. The first-order valence-electron chi connectivity index (χ1n) is 24.9. The normalized spacial score (nSPS) is 11.5. The third-order valence-corrected chi connectivity index (χ3v) is 11.9. The van der Waals surface area contributed by atoms with Gasteiger partial charge in [-0.3, -0.25) is 0 Å². The van der Waals surface area contributed by atoms with Gasteiger partial charge in [0.1, 0.15) is 17.2 Å². The SMILES string of the molecule is CC(C)(C)c1ccccc1Cl.COc1ccc(C(C)(C)C)c(OC)c1.COc1ccc(C(C)(C)C)cc1.Cc1ccc(C(C)(C)C)cc1.Cc1ccc(C(C)(C)C)cc1.Cc1cccc(C(C)(C)C)c1. The zero-order valence-corrected chi connectivity index (χ0v) is 49.1. The summed E-state index contributed by atoms with van der Waals surface area (Å²) in [6, 6.07) is 48.3. The summed E-state index contributed by atoms with van der Waals surface area (Å²) in [6.07, 6.45) is 0. The molecule has 0 aliphatic heterocycles. The molecule has 0 aliphatic rings. The third-order valence-electron chi connectivity index (χ3n) is 11.6. The Kier molecular flexibility index (Phi) is 24.8. The first-order chi connectivity index (χ1) is 32.0. The summed E-state index contributed by atoms with van der Waals surface area (Å²) in [5.74, 6) is 2.63. The standard InChI is InChI=1S/C12H18O2.C11H16O.3C11H16.C10H13Cl/c1-12(2,3)10-7-6-9(13-4)8-11(10)14-5;1-11(2,3)9-5-7-10(12-4)8-6-9;2*1-9-5-7-10(8-6-9)11(2,3)4;1-9-6-5-7-10(8-9)11(2,3)4;1-10(2,3)8-6-4-5-7-9(8)11/h6-8H,1-5H3;5-8H,1-4H3;3*5-8H,1-4H3;4-7H,1-3H3. The topological polar surface area (TPSA) is 27.7 Å². The van der Waals surface area contributed by atoms with Gasteiger partial charge in [-0.05, 0) is 111 Å². The molecule has 6 rings (SSSR count). The van der Waals surface area contributed by atoms with Crippen molar-refractivity contribution in [2.75, 3.05) is 21.3 Å². The van der Waals surface area contributed by atoms with E-state index in [1.54, 1.807) is 21.3 Å². The maximum absolute atomic E-state index is 6.01. The molecular formula is C66H95ClO3. The minimum atomic E-state index is 0.0949. The number of aryl methyl sites for hydroxylation is 3. The second-order valence-electron chi connectivity index (χ2n) is 24.4. The summed E-state index contributed by atoms with van der Waals surface area (Å²) >= 11 is 6.01. The van der Waals surface area contributed by atoms with E-state index in [9.17, 15) is 0 Å². The molecular weight excluding hydrogens is 876 g/mol. The van der Waals surface area contributed by atoms with Crippen LogP contribution in [0.2, 0.25) is 5.02 Å². The first kappa shape index (κ1) is 63.0. The number of ether oxygens (including phenoxy) is 3. The predicted octanol–water partition coefficient (Wildman–Crippen LogP) is 19.5. The van der Waals surface area contributed by atoms with Crippen LogP contribution in [0.4, 0.5) is 0 Å². The highest BCUT2D eigenvalue weighted by Crippen LogP contribution is 2.34. The fraction of sp³-hybridized carbons (Fsp3) is 0.455. The molecule has 6 aromatic carbocycles. The van der Waals surface area contributed by atoms with Crippen molar-refractivity contribution >= 4 is 11.6 Å². The lowest BCUT2D eigenvalue weighted by molar-refractivity contribution is 0.383. The molecule has 0 radical (unpaired) electrons. The van der Waals surface area contributed by atoms with E-state index in [2.05, 4.69) is 242 Å². The van der Waals surface area contributed by atoms with E-state index < -0.39 is 0 Å². The molecule has 0 saturated carbocycles. The van der Waals surface area contributed by atoms with Crippen LogP contribution in [0.25, 0.3) is 0 Å². The zero-order chi connectivity index (χ0) is 53.9. The van der Waals surface area contributed by atoms with Crippen molar-refractivity contribution in [1.29, 1.82) is 0 Å². The van der Waals surface area contributed by atoms with Crippen LogP contribution in [0.15, 0.2) is 140 Å². The van der Waals surface area contributed by atoms with Crippen LogP contribution in [0.1, 0.15) is 175 Å². The van der Waals surface area contributed by atoms with Crippen molar-refractivity contribution in [1.82, 2.24) is 0 Å². The van der Waals surface area contributed by atoms with Crippen LogP contribution in [-0.4, -0.2) is 21.3 Å². The summed E-state index contributed by atoms with van der Waals surface area (Å²) < 4.78 is 15.6. The smallest absolute Gasteiger partial charge is 0.126 e. The average molecular weight is 972 g/mol. The number of hydrogen-bond acceptors (Lipinski definition) is 3. The van der Waals surface area contributed by atoms with Gasteiger partial charge < -0.3 is 14.2 Å². The Morgan fingerprint density at radius 2 is 0.671 bits per heavy atom. The Balaban J connectivity index is 0.000000421. The molecule has 0 spiro atoms. The van der Waals surface area contributed by atoms with Crippen molar-refractivity contribution in [2.45, 2.75) is 178 Å². The minimum Gasteiger partial charge on any atom is -0.497 e. The van der Waals surface area contributed by atoms with Crippen molar-refractivity contribution in [2.24, 2.45) is 0 Å². The van der Waals surface area contributed by atoms with E-state index in [0.29, 0.717) is 0 Å². The molecule has 0 N–H and O–H groups in total. The molecule has 384 valence electrons. The van der Waals surface area contributed by atoms with E-state index in [4.69, 9.17) is 25.8 Å². The molecule has 0 aromatic heterocycles. The van der Waals surface area contributed by atoms with Gasteiger partial charge in [0, 0.05) is 11.1 Å². The van der Waals surface area contributed by atoms with Gasteiger partial charge in [0.15, 0.2) is 0 Å². The highest BCUT2D eigenvalue weighted by atomic mass is 35.5. The van der Waals surface area contributed by atoms with Crippen LogP contribution in [0.3, 0.4) is 0 Å². The quantitative estimate of drug-likeness (QED) is 0.177. The fourth-order valence-corrected chi connectivity index (χ4v) is 7.22. The number of methoxy groups -OCH3 is 3. The molecule has 0 saturated heterocycles. The average Bonchev–Trinajstić information content (AvgIpc) is 3.26. The highest BCUT2D eigenvalue weighted by Gasteiger charge is 2.20. The monoisotopic (exact) mass is 971 g/mol. The van der Waals surface area contributed by atoms with Crippen LogP contribution >= 0.6 is 11.6 Å². The van der Waals surface area contributed by atoms with E-state index in [0.717, 1.165) is 22.3 Å². The van der Waals surface area contributed by atoms with Gasteiger partial charge in [-0.25, -0.2) is 0 Å². The van der Waals surface area contributed by atoms with E-state index in [1.807, 2.05) is 42.5 Å². The largest absolute Gasteiger partial charge is 0.497 e. The Morgan fingerprint density at radius 1 is 0.300 bits per heavy atom. The molecule has 0 fully saturated rings. The summed E-state index contributed by atoms with van der Waals surface area (Å²) in [6.45, 7) is 46.1. The molecule has 0 bridgehead atoms. The lowest BCUT2D eigenvalue weighted by atomic mass is 9.86. The maximum atomic E-state index is 6.01. The van der Waals surface area contributed by atoms with E-state index in [-0.39, 0.29) is 32.5 Å². The van der Waals surface area contributed by atoms with Crippen molar-refractivity contribution in [3.63, 3.8) is 0 Å². The van der Waals surface area contributed by atoms with Crippen LogP contribution in [0, 0.1) is 20.8 Å². The molecule has 3 nitrogen and oxygen atoms in total. The Bertz CT molecular complexity index is 2330. The van der Waals surface area contributed by atoms with Gasteiger partial charge in [0.25, 0.3) is 0 Å². The maximum Gasteiger partial charge on any atom is 0.126 e. The minimum absolute atomic E-state index is 0.0949. The predicted molar refractivity (Wildman–Crippen MR) is 310 cm³/mol. The number of rotatable bonds is 3. The van der Waals surface area contributed by atoms with Gasteiger partial charge in [0.05, 0.1) is 21.3 Å². The Hall–Kier alpha value is -4.99. The number of halogens is 1. The van der Waals surface area contributed by atoms with E-state index in [1.165, 1.54) is 50.1 Å². The Morgan fingerprint density at radius 3 is 0.971 bits per heavy atom. The van der Waals surface area contributed by atoms with Crippen molar-refractivity contribution in [3.8, 4) is 17.2 Å².